The van der Waals surface area contributed by atoms with Crippen LogP contribution in [0.1, 0.15) is 161 Å². The van der Waals surface area contributed by atoms with E-state index in [9.17, 15) is 43.5 Å². The van der Waals surface area contributed by atoms with Crippen LogP contribution in [0.4, 0.5) is 5.82 Å². The average Bonchev–Trinajstić information content (AvgIpc) is 3.62. The maximum Gasteiger partial charge on any atom is 0.481 e. The molecule has 6 N–H and O–H groups in total. The molecule has 0 aliphatic carbocycles. The number of aromatic nitrogens is 2. The minimum Gasteiger partial charge on any atom is -0.462 e. The third kappa shape index (κ3) is 31.5. The third-order valence-electron chi connectivity index (χ3n) is 11.0. The Morgan fingerprint density at radius 2 is 1.17 bits per heavy atom. The smallest absolute Gasteiger partial charge is 0.462 e. The number of hydrogen-bond acceptors (Lipinski definition) is 15. The van der Waals surface area contributed by atoms with Crippen LogP contribution in [-0.2, 0) is 46.3 Å². The van der Waals surface area contributed by atoms with Crippen LogP contribution >= 0.6 is 15.6 Å². The summed E-state index contributed by atoms with van der Waals surface area (Å²) in [5.41, 5.74) is 4.58. The second-order valence-electron chi connectivity index (χ2n) is 17.3. The van der Waals surface area contributed by atoms with E-state index >= 15 is 0 Å². The summed E-state index contributed by atoms with van der Waals surface area (Å²) in [6.07, 6.45) is 42.3. The number of allylic oxidation sites excluding steroid dienone is 14. The van der Waals surface area contributed by atoms with Crippen LogP contribution in [0.25, 0.3) is 0 Å². The van der Waals surface area contributed by atoms with Crippen molar-refractivity contribution in [2.24, 2.45) is 0 Å². The lowest BCUT2D eigenvalue weighted by Gasteiger charge is -2.21. The molecule has 0 bridgehead atoms. The predicted molar refractivity (Wildman–Crippen MR) is 279 cm³/mol. The molecular weight excluding hydrogens is 969 g/mol. The Kier molecular flexibility index (Phi) is 35.1. The predicted octanol–water partition coefficient (Wildman–Crippen LogP) is 10.7. The monoisotopic (exact) mass is 1050 g/mol. The lowest BCUT2D eigenvalue weighted by atomic mass is 10.1. The van der Waals surface area contributed by atoms with E-state index in [1.807, 2.05) is 0 Å². The van der Waals surface area contributed by atoms with E-state index in [2.05, 4.69) is 108 Å². The van der Waals surface area contributed by atoms with Crippen molar-refractivity contribution in [3.8, 4) is 0 Å². The van der Waals surface area contributed by atoms with Crippen molar-refractivity contribution in [3.63, 3.8) is 0 Å². The highest BCUT2D eigenvalue weighted by Crippen LogP contribution is 2.60. The van der Waals surface area contributed by atoms with Crippen LogP contribution in [0.15, 0.2) is 102 Å². The first-order valence-electron chi connectivity index (χ1n) is 25.6. The molecule has 1 aliphatic rings. The van der Waals surface area contributed by atoms with Crippen LogP contribution in [0.3, 0.4) is 0 Å². The summed E-state index contributed by atoms with van der Waals surface area (Å²) in [6.45, 7) is 1.96. The van der Waals surface area contributed by atoms with Gasteiger partial charge < -0.3 is 39.9 Å². The molecule has 0 radical (unpaired) electrons. The van der Waals surface area contributed by atoms with Crippen molar-refractivity contribution in [3.05, 3.63) is 108 Å². The number of nitrogens with two attached hydrogens (primary N) is 1. The van der Waals surface area contributed by atoms with Gasteiger partial charge in [-0.2, -0.15) is 9.29 Å². The molecule has 1 aliphatic heterocycles. The second-order valence-corrected chi connectivity index (χ2v) is 20.3. The zero-order valence-electron chi connectivity index (χ0n) is 42.4. The van der Waals surface area contributed by atoms with E-state index in [1.54, 1.807) is 0 Å². The number of unbranched alkanes of at least 4 members (excludes halogenated alkanes) is 11. The Labute approximate surface area is 427 Å². The number of anilines is 1. The summed E-state index contributed by atoms with van der Waals surface area (Å²) in [6, 6.07) is 1.24. The SMILES string of the molecule is CC/C=C\C/C=C\C/C=C\C/C=C\C/C=C\CCCCCC(=O)OC[C@H](COP(=O)(O)OP(=O)(O)OC[C@H]1O[C@@H](n2ccc(N)nc2=O)C(O)[C@H]1O)OC(=O)CCCCCCC/C=C\C/C=C\CCCCC. The minimum absolute atomic E-state index is 0.0217. The molecule has 7 atom stereocenters. The molecule has 2 heterocycles. The van der Waals surface area contributed by atoms with E-state index in [0.29, 0.717) is 12.8 Å². The summed E-state index contributed by atoms with van der Waals surface area (Å²) in [4.78, 5) is 61.9. The van der Waals surface area contributed by atoms with Gasteiger partial charge in [-0.3, -0.25) is 23.2 Å². The first-order valence-corrected chi connectivity index (χ1v) is 28.6. The van der Waals surface area contributed by atoms with Crippen molar-refractivity contribution >= 4 is 33.4 Å². The standard InChI is InChI=1S/C52H83N3O15P2/c1-3-5-7-9-11-13-15-17-19-20-21-22-24-25-27-29-31-33-35-37-47(56)65-41-44(68-48(57)38-36-34-32-30-28-26-23-18-16-14-12-10-8-6-4-2)42-66-71(61,62)70-72(63,64)67-43-45-49(58)50(59)51(69-45)55-40-39-46(53)54-52(55)60/h5,7,11-14,17-19,21-23,25,27,39-40,44-45,49-51,58-59H,3-4,6,8-10,15-16,20,24,26,28-38,41-43H2,1-2H3,(H,61,62)(H,63,64)(H2,53,54,60)/b7-5-,13-11-,14-12-,19-17-,22-21-,23-18-,27-25-/t44-,45-,49+,50?,51-/m1/s1. The topological polar surface area (TPSA) is 265 Å². The van der Waals surface area contributed by atoms with Crippen molar-refractivity contribution < 1.29 is 66.3 Å². The quantitative estimate of drug-likeness (QED) is 0.0177. The van der Waals surface area contributed by atoms with Gasteiger partial charge in [0.25, 0.3) is 0 Å². The zero-order chi connectivity index (χ0) is 52.7. The summed E-state index contributed by atoms with van der Waals surface area (Å²) in [7, 11) is -10.9. The van der Waals surface area contributed by atoms with Gasteiger partial charge >= 0.3 is 33.3 Å². The molecule has 1 aromatic heterocycles. The third-order valence-corrected chi connectivity index (χ3v) is 13.6. The molecule has 1 saturated heterocycles. The van der Waals surface area contributed by atoms with Gasteiger partial charge in [-0.05, 0) is 96.0 Å². The molecule has 72 heavy (non-hydrogen) atoms. The number of carbonyl (C=O) groups is 2. The molecule has 20 heteroatoms. The normalized spacial score (nSPS) is 19.8. The first kappa shape index (κ1) is 64.1. The average molecular weight is 1050 g/mol. The van der Waals surface area contributed by atoms with Crippen LogP contribution in [0.5, 0.6) is 0 Å². The Morgan fingerprint density at radius 1 is 0.681 bits per heavy atom. The van der Waals surface area contributed by atoms with Crippen LogP contribution < -0.4 is 11.4 Å². The molecule has 1 aromatic rings. The molecule has 2 rings (SSSR count). The number of hydrogen-bond donors (Lipinski definition) is 5. The Bertz CT molecular complexity index is 2040. The largest absolute Gasteiger partial charge is 0.481 e. The van der Waals surface area contributed by atoms with Crippen molar-refractivity contribution in [2.45, 2.75) is 186 Å². The summed E-state index contributed by atoms with van der Waals surface area (Å²) < 4.78 is 56.8. The maximum absolute atomic E-state index is 12.9. The first-order chi connectivity index (χ1) is 34.7. The lowest BCUT2D eigenvalue weighted by Crippen LogP contribution is -2.36. The Balaban J connectivity index is 1.82. The highest BCUT2D eigenvalue weighted by molar-refractivity contribution is 7.61. The number of phosphoric ester groups is 2. The minimum atomic E-state index is -5.44. The second kappa shape index (κ2) is 39.4. The molecular formula is C52H83N3O15P2. The Morgan fingerprint density at radius 3 is 1.72 bits per heavy atom. The highest BCUT2D eigenvalue weighted by Gasteiger charge is 2.46. The lowest BCUT2D eigenvalue weighted by molar-refractivity contribution is -0.161. The molecule has 0 amide bonds. The summed E-state index contributed by atoms with van der Waals surface area (Å²) in [5, 5.41) is 20.9. The maximum atomic E-state index is 12.9. The van der Waals surface area contributed by atoms with Crippen molar-refractivity contribution in [2.75, 3.05) is 25.6 Å². The van der Waals surface area contributed by atoms with E-state index in [-0.39, 0.29) is 18.7 Å². The van der Waals surface area contributed by atoms with Gasteiger partial charge in [-0.25, -0.2) is 13.9 Å². The van der Waals surface area contributed by atoms with Crippen LogP contribution in [-0.4, -0.2) is 85.7 Å². The number of aliphatic hydroxyl groups is 2. The number of carbonyl (C=O) groups excluding carboxylic acids is 2. The van der Waals surface area contributed by atoms with Gasteiger partial charge in [-0.15, -0.1) is 0 Å². The molecule has 0 saturated carbocycles. The van der Waals surface area contributed by atoms with Crippen molar-refractivity contribution in [1.82, 2.24) is 9.55 Å². The molecule has 18 nitrogen and oxygen atoms in total. The summed E-state index contributed by atoms with van der Waals surface area (Å²) in [5.74, 6) is -1.36. The molecule has 3 unspecified atom stereocenters. The fraction of sp³-hybridized carbons (Fsp3) is 0.615. The fourth-order valence-electron chi connectivity index (χ4n) is 7.02. The number of ether oxygens (including phenoxy) is 3. The molecule has 0 spiro atoms. The van der Waals surface area contributed by atoms with Crippen LogP contribution in [0.2, 0.25) is 0 Å². The van der Waals surface area contributed by atoms with Gasteiger partial charge in [0.2, 0.25) is 0 Å². The van der Waals surface area contributed by atoms with E-state index in [4.69, 9.17) is 29.0 Å². The number of aliphatic hydroxyl groups excluding tert-OH is 2. The van der Waals surface area contributed by atoms with Gasteiger partial charge in [0.1, 0.15) is 30.7 Å². The summed E-state index contributed by atoms with van der Waals surface area (Å²) >= 11 is 0. The zero-order valence-corrected chi connectivity index (χ0v) is 44.2. The molecule has 0 aromatic carbocycles. The van der Waals surface area contributed by atoms with E-state index in [1.165, 1.54) is 25.3 Å². The number of nitrogens with zero attached hydrogens (tertiary/aromatic N) is 2. The van der Waals surface area contributed by atoms with Crippen LogP contribution in [0, 0.1) is 0 Å². The van der Waals surface area contributed by atoms with E-state index < -0.39 is 83.7 Å². The molecule has 1 fully saturated rings. The van der Waals surface area contributed by atoms with Gasteiger partial charge in [0.05, 0.1) is 13.2 Å². The Hall–Kier alpha value is -4.06. The van der Waals surface area contributed by atoms with Gasteiger partial charge in [-0.1, -0.05) is 137 Å². The molecule has 406 valence electrons. The highest BCUT2D eigenvalue weighted by atomic mass is 31.3. The number of nitrogen functional groups attached to an aromatic ring is 1. The van der Waals surface area contributed by atoms with Gasteiger partial charge in [0.15, 0.2) is 12.3 Å². The number of phosphoric acid groups is 2. The van der Waals surface area contributed by atoms with Gasteiger partial charge in [0, 0.05) is 19.0 Å². The number of rotatable bonds is 41. The van der Waals surface area contributed by atoms with Crippen molar-refractivity contribution in [1.29, 1.82) is 0 Å². The number of esters is 2. The van der Waals surface area contributed by atoms with E-state index in [0.717, 1.165) is 107 Å². The fourth-order valence-corrected chi connectivity index (χ4v) is 9.13.